The fourth-order valence-corrected chi connectivity index (χ4v) is 3.63. The summed E-state index contributed by atoms with van der Waals surface area (Å²) in [7, 11) is 0. The van der Waals surface area contributed by atoms with Crippen molar-refractivity contribution in [3.8, 4) is 39.7 Å². The van der Waals surface area contributed by atoms with Gasteiger partial charge in [-0.1, -0.05) is 84.9 Å². The van der Waals surface area contributed by atoms with Gasteiger partial charge >= 0.3 is 5.89 Å². The lowest BCUT2D eigenvalue weighted by molar-refractivity contribution is -0.575. The number of hydrogen-bond donors (Lipinski definition) is 0. The summed E-state index contributed by atoms with van der Waals surface area (Å²) in [5.74, 6) is 1.68. The van der Waals surface area contributed by atoms with Crippen LogP contribution in [-0.2, 0) is 0 Å². The quantitative estimate of drug-likeness (QED) is 0.380. The molecule has 5 rings (SSSR count). The SMILES string of the molecule is [Br-].c1ccc(-c2oc(-c3ccccc3)[n+](-c3ccccc3)c2-c2ccccc2)cc1. The van der Waals surface area contributed by atoms with Gasteiger partial charge in [-0.2, -0.15) is 0 Å². The van der Waals surface area contributed by atoms with Gasteiger partial charge in [0.05, 0.1) is 11.1 Å². The molecule has 1 heterocycles. The van der Waals surface area contributed by atoms with E-state index < -0.39 is 0 Å². The molecule has 0 aliphatic rings. The average molecular weight is 454 g/mol. The zero-order valence-corrected chi connectivity index (χ0v) is 17.9. The van der Waals surface area contributed by atoms with Crippen molar-refractivity contribution >= 4 is 0 Å². The standard InChI is InChI=1S/C27H20NO.BrH/c1-5-13-21(14-6-1)25-26(22-15-7-2-8-16-22)29-27(23-17-9-3-10-18-23)28(25)24-19-11-4-12-20-24;/h1-20H;1H/q+1;/p-1. The van der Waals surface area contributed by atoms with Crippen molar-refractivity contribution in [2.45, 2.75) is 0 Å². The summed E-state index contributed by atoms with van der Waals surface area (Å²) < 4.78 is 8.81. The predicted molar refractivity (Wildman–Crippen MR) is 117 cm³/mol. The van der Waals surface area contributed by atoms with E-state index in [2.05, 4.69) is 77.4 Å². The van der Waals surface area contributed by atoms with Crippen LogP contribution < -0.4 is 21.5 Å². The summed E-state index contributed by atoms with van der Waals surface area (Å²) >= 11 is 0. The Morgan fingerprint density at radius 2 is 0.900 bits per heavy atom. The zero-order valence-electron chi connectivity index (χ0n) is 16.3. The van der Waals surface area contributed by atoms with Gasteiger partial charge in [0.25, 0.3) is 5.69 Å². The third kappa shape index (κ3) is 3.72. The monoisotopic (exact) mass is 453 g/mol. The molecule has 0 unspecified atom stereocenters. The van der Waals surface area contributed by atoms with Crippen LogP contribution in [0.2, 0.25) is 0 Å². The van der Waals surface area contributed by atoms with Gasteiger partial charge in [0.2, 0.25) is 11.4 Å². The third-order valence-corrected chi connectivity index (χ3v) is 4.96. The second kappa shape index (κ2) is 8.93. The van der Waals surface area contributed by atoms with Crippen LogP contribution in [0.4, 0.5) is 0 Å². The lowest BCUT2D eigenvalue weighted by atomic mass is 10.1. The van der Waals surface area contributed by atoms with E-state index in [0.29, 0.717) is 0 Å². The Bertz CT molecular complexity index is 1120. The van der Waals surface area contributed by atoms with E-state index in [0.717, 1.165) is 39.7 Å². The van der Waals surface area contributed by atoms with Gasteiger partial charge in [0.1, 0.15) is 0 Å². The van der Waals surface area contributed by atoms with E-state index in [1.54, 1.807) is 0 Å². The first-order chi connectivity index (χ1) is 14.4. The van der Waals surface area contributed by atoms with Gasteiger partial charge in [-0.25, -0.2) is 0 Å². The van der Waals surface area contributed by atoms with Crippen LogP contribution in [0.25, 0.3) is 39.7 Å². The molecule has 5 aromatic rings. The molecule has 146 valence electrons. The van der Waals surface area contributed by atoms with Crippen molar-refractivity contribution in [3.63, 3.8) is 0 Å². The molecule has 0 N–H and O–H groups in total. The van der Waals surface area contributed by atoms with Crippen LogP contribution in [-0.4, -0.2) is 0 Å². The molecule has 0 aliphatic heterocycles. The summed E-state index contributed by atoms with van der Waals surface area (Å²) in [6, 6.07) is 41.4. The van der Waals surface area contributed by atoms with E-state index in [-0.39, 0.29) is 17.0 Å². The highest BCUT2D eigenvalue weighted by Gasteiger charge is 2.33. The lowest BCUT2D eigenvalue weighted by Gasteiger charge is -2.02. The predicted octanol–water partition coefficient (Wildman–Crippen LogP) is 3.56. The molecule has 0 amide bonds. The van der Waals surface area contributed by atoms with Gasteiger partial charge in [-0.05, 0) is 24.3 Å². The Morgan fingerprint density at radius 3 is 1.43 bits per heavy atom. The number of para-hydroxylation sites is 1. The molecule has 2 nitrogen and oxygen atoms in total. The van der Waals surface area contributed by atoms with Crippen molar-refractivity contribution < 1.29 is 26.0 Å². The lowest BCUT2D eigenvalue weighted by Crippen LogP contribution is -3.00. The van der Waals surface area contributed by atoms with Crippen LogP contribution in [0.5, 0.6) is 0 Å². The highest BCUT2D eigenvalue weighted by Crippen LogP contribution is 2.35. The Kier molecular flexibility index (Phi) is 5.92. The molecule has 0 saturated carbocycles. The third-order valence-electron chi connectivity index (χ3n) is 4.96. The first-order valence-electron chi connectivity index (χ1n) is 9.72. The van der Waals surface area contributed by atoms with Crippen molar-refractivity contribution in [1.29, 1.82) is 0 Å². The number of nitrogens with zero attached hydrogens (tertiary/aromatic N) is 1. The number of aromatic nitrogens is 1. The minimum absolute atomic E-state index is 0. The van der Waals surface area contributed by atoms with Gasteiger partial charge in [0, 0.05) is 17.7 Å². The Balaban J connectivity index is 0.00000218. The molecular weight excluding hydrogens is 434 g/mol. The molecule has 0 fully saturated rings. The molecule has 3 heteroatoms. The van der Waals surface area contributed by atoms with Crippen molar-refractivity contribution in [3.05, 3.63) is 121 Å². The molecule has 1 aromatic heterocycles. The normalized spacial score (nSPS) is 10.4. The molecule has 0 spiro atoms. The minimum Gasteiger partial charge on any atom is -1.00 e. The van der Waals surface area contributed by atoms with Crippen LogP contribution in [0.3, 0.4) is 0 Å². The summed E-state index contributed by atoms with van der Waals surface area (Å²) in [4.78, 5) is 0. The van der Waals surface area contributed by atoms with Crippen LogP contribution in [0.1, 0.15) is 0 Å². The number of hydrogen-bond acceptors (Lipinski definition) is 1. The first-order valence-corrected chi connectivity index (χ1v) is 9.72. The van der Waals surface area contributed by atoms with E-state index in [1.165, 1.54) is 0 Å². The van der Waals surface area contributed by atoms with Crippen molar-refractivity contribution in [2.75, 3.05) is 0 Å². The second-order valence-electron chi connectivity index (χ2n) is 6.85. The molecule has 0 radical (unpaired) electrons. The van der Waals surface area contributed by atoms with E-state index in [1.807, 2.05) is 48.5 Å². The van der Waals surface area contributed by atoms with E-state index >= 15 is 0 Å². The van der Waals surface area contributed by atoms with E-state index in [9.17, 15) is 0 Å². The fourth-order valence-electron chi connectivity index (χ4n) is 3.63. The summed E-state index contributed by atoms with van der Waals surface area (Å²) in [6.07, 6.45) is 0. The first kappa shape index (κ1) is 19.9. The maximum atomic E-state index is 6.59. The number of benzene rings is 4. The van der Waals surface area contributed by atoms with Gasteiger partial charge in [0.15, 0.2) is 0 Å². The number of halogens is 1. The van der Waals surface area contributed by atoms with Crippen LogP contribution in [0, 0.1) is 0 Å². The summed E-state index contributed by atoms with van der Waals surface area (Å²) in [5, 5.41) is 0. The molecule has 0 aliphatic carbocycles. The zero-order chi connectivity index (χ0) is 19.5. The summed E-state index contributed by atoms with van der Waals surface area (Å²) in [6.45, 7) is 0. The number of rotatable bonds is 4. The molecule has 0 saturated heterocycles. The topological polar surface area (TPSA) is 17.0 Å². The molecule has 0 atom stereocenters. The van der Waals surface area contributed by atoms with Crippen LogP contribution in [0.15, 0.2) is 126 Å². The molecular formula is C27H20BrNO. The highest BCUT2D eigenvalue weighted by molar-refractivity contribution is 5.76. The largest absolute Gasteiger partial charge is 1.00 e. The fraction of sp³-hybridized carbons (Fsp3) is 0. The van der Waals surface area contributed by atoms with Gasteiger partial charge in [-0.3, -0.25) is 0 Å². The summed E-state index contributed by atoms with van der Waals surface area (Å²) in [5.41, 5.74) is 5.31. The number of oxazole rings is 1. The molecule has 4 aromatic carbocycles. The van der Waals surface area contributed by atoms with E-state index in [4.69, 9.17) is 4.42 Å². The minimum atomic E-state index is 0. The second-order valence-corrected chi connectivity index (χ2v) is 6.85. The highest BCUT2D eigenvalue weighted by atomic mass is 79.9. The van der Waals surface area contributed by atoms with Crippen molar-refractivity contribution in [1.82, 2.24) is 0 Å². The molecule has 30 heavy (non-hydrogen) atoms. The molecule has 0 bridgehead atoms. The smallest absolute Gasteiger partial charge is 0.387 e. The maximum Gasteiger partial charge on any atom is 0.387 e. The van der Waals surface area contributed by atoms with Crippen LogP contribution >= 0.6 is 0 Å². The Hall–Kier alpha value is -3.43. The maximum absolute atomic E-state index is 6.59. The Morgan fingerprint density at radius 1 is 0.467 bits per heavy atom. The Labute approximate surface area is 186 Å². The van der Waals surface area contributed by atoms with Gasteiger partial charge in [-0.15, -0.1) is 4.57 Å². The average Bonchev–Trinajstić information content (AvgIpc) is 3.22. The van der Waals surface area contributed by atoms with Crippen molar-refractivity contribution in [2.24, 2.45) is 0 Å². The van der Waals surface area contributed by atoms with Gasteiger partial charge < -0.3 is 21.4 Å².